The Balaban J connectivity index is 2.88. The summed E-state index contributed by atoms with van der Waals surface area (Å²) in [5.74, 6) is 0. The predicted molar refractivity (Wildman–Crippen MR) is 67.7 cm³/mol. The van der Waals surface area contributed by atoms with E-state index in [2.05, 4.69) is 32.7 Å². The first-order chi connectivity index (χ1) is 7.45. The van der Waals surface area contributed by atoms with Gasteiger partial charge < -0.3 is 10.1 Å². The van der Waals surface area contributed by atoms with Crippen LogP contribution in [0.25, 0.3) is 10.9 Å². The smallest absolute Gasteiger partial charge is 0.0684 e. The Bertz CT molecular complexity index is 517. The number of hydrogen-bond acceptors (Lipinski definition) is 1. The minimum absolute atomic E-state index is 0.0462. The van der Waals surface area contributed by atoms with Gasteiger partial charge in [0.2, 0.25) is 0 Å². The zero-order valence-electron chi connectivity index (χ0n) is 10.4. The summed E-state index contributed by atoms with van der Waals surface area (Å²) < 4.78 is 0. The summed E-state index contributed by atoms with van der Waals surface area (Å²) in [5, 5.41) is 10.7. The van der Waals surface area contributed by atoms with Crippen molar-refractivity contribution in [2.24, 2.45) is 0 Å². The van der Waals surface area contributed by atoms with Crippen molar-refractivity contribution in [1.29, 1.82) is 0 Å². The van der Waals surface area contributed by atoms with E-state index >= 15 is 0 Å². The SMILES string of the molecule is Cc1c[nH]c2ccc(CO)c(C(C)(C)C)c12. The van der Waals surface area contributed by atoms with Gasteiger partial charge in [-0.2, -0.15) is 0 Å². The normalized spacial score (nSPS) is 12.3. The standard InChI is InChI=1S/C14H19NO/c1-9-7-15-11-6-5-10(8-16)13(12(9)11)14(2,3)4/h5-7,15-16H,8H2,1-4H3. The fourth-order valence-corrected chi connectivity index (χ4v) is 2.42. The summed E-state index contributed by atoms with van der Waals surface area (Å²) in [7, 11) is 0. The van der Waals surface area contributed by atoms with E-state index in [1.807, 2.05) is 18.3 Å². The molecule has 0 atom stereocenters. The number of aromatic nitrogens is 1. The molecular weight excluding hydrogens is 198 g/mol. The average Bonchev–Trinajstić information content (AvgIpc) is 2.58. The largest absolute Gasteiger partial charge is 0.392 e. The second kappa shape index (κ2) is 3.63. The molecule has 0 fully saturated rings. The van der Waals surface area contributed by atoms with Gasteiger partial charge in [0.05, 0.1) is 6.61 Å². The van der Waals surface area contributed by atoms with Crippen LogP contribution in [-0.4, -0.2) is 10.1 Å². The molecule has 0 aliphatic heterocycles. The summed E-state index contributed by atoms with van der Waals surface area (Å²) in [6.45, 7) is 8.77. The fraction of sp³-hybridized carbons (Fsp3) is 0.429. The lowest BCUT2D eigenvalue weighted by molar-refractivity contribution is 0.279. The van der Waals surface area contributed by atoms with Gasteiger partial charge >= 0.3 is 0 Å². The van der Waals surface area contributed by atoms with Crippen molar-refractivity contribution in [1.82, 2.24) is 4.98 Å². The van der Waals surface area contributed by atoms with E-state index in [9.17, 15) is 5.11 Å². The Morgan fingerprint density at radius 1 is 1.25 bits per heavy atom. The maximum atomic E-state index is 9.46. The number of aryl methyl sites for hydroxylation is 1. The molecule has 0 spiro atoms. The van der Waals surface area contributed by atoms with Gasteiger partial charge in [-0.15, -0.1) is 0 Å². The number of H-pyrrole nitrogens is 1. The third-order valence-electron chi connectivity index (χ3n) is 3.05. The second-order valence-electron chi connectivity index (χ2n) is 5.40. The highest BCUT2D eigenvalue weighted by Gasteiger charge is 2.22. The van der Waals surface area contributed by atoms with Crippen LogP contribution in [0.5, 0.6) is 0 Å². The number of benzene rings is 1. The number of aliphatic hydroxyl groups is 1. The molecule has 1 aromatic carbocycles. The van der Waals surface area contributed by atoms with E-state index < -0.39 is 0 Å². The van der Waals surface area contributed by atoms with Gasteiger partial charge in [-0.25, -0.2) is 0 Å². The second-order valence-corrected chi connectivity index (χ2v) is 5.40. The number of nitrogens with one attached hydrogen (secondary N) is 1. The molecule has 2 N–H and O–H groups in total. The number of aromatic amines is 1. The highest BCUT2D eigenvalue weighted by Crippen LogP contribution is 2.34. The molecule has 2 aromatic rings. The summed E-state index contributed by atoms with van der Waals surface area (Å²) in [6.07, 6.45) is 2.03. The molecule has 0 amide bonds. The maximum absolute atomic E-state index is 9.46. The molecule has 16 heavy (non-hydrogen) atoms. The lowest BCUT2D eigenvalue weighted by atomic mass is 9.81. The van der Waals surface area contributed by atoms with Crippen LogP contribution in [-0.2, 0) is 12.0 Å². The summed E-state index contributed by atoms with van der Waals surface area (Å²) in [4.78, 5) is 3.27. The van der Waals surface area contributed by atoms with Crippen molar-refractivity contribution in [3.8, 4) is 0 Å². The molecule has 1 aromatic heterocycles. The van der Waals surface area contributed by atoms with Gasteiger partial charge in [0, 0.05) is 17.1 Å². The molecule has 0 bridgehead atoms. The van der Waals surface area contributed by atoms with Crippen LogP contribution >= 0.6 is 0 Å². The zero-order valence-corrected chi connectivity index (χ0v) is 10.4. The Hall–Kier alpha value is -1.28. The molecule has 0 aliphatic carbocycles. The average molecular weight is 217 g/mol. The minimum Gasteiger partial charge on any atom is -0.392 e. The minimum atomic E-state index is 0.0462. The quantitative estimate of drug-likeness (QED) is 0.755. The Morgan fingerprint density at radius 3 is 2.50 bits per heavy atom. The van der Waals surface area contributed by atoms with E-state index in [0.717, 1.165) is 11.1 Å². The molecule has 0 aliphatic rings. The van der Waals surface area contributed by atoms with E-state index in [0.29, 0.717) is 0 Å². The molecule has 0 radical (unpaired) electrons. The first kappa shape index (κ1) is 11.2. The first-order valence-corrected chi connectivity index (χ1v) is 5.66. The number of aliphatic hydroxyl groups excluding tert-OH is 1. The Labute approximate surface area is 96.3 Å². The van der Waals surface area contributed by atoms with Crippen LogP contribution in [0.1, 0.15) is 37.5 Å². The van der Waals surface area contributed by atoms with Crippen LogP contribution < -0.4 is 0 Å². The van der Waals surface area contributed by atoms with Crippen molar-refractivity contribution < 1.29 is 5.11 Å². The molecule has 0 unspecified atom stereocenters. The molecule has 2 rings (SSSR count). The van der Waals surface area contributed by atoms with Crippen molar-refractivity contribution in [2.75, 3.05) is 0 Å². The van der Waals surface area contributed by atoms with Crippen LogP contribution in [0.3, 0.4) is 0 Å². The molecular formula is C14H19NO. The highest BCUT2D eigenvalue weighted by molar-refractivity contribution is 5.88. The molecule has 86 valence electrons. The van der Waals surface area contributed by atoms with Gasteiger partial charge in [0.15, 0.2) is 0 Å². The van der Waals surface area contributed by atoms with E-state index in [-0.39, 0.29) is 12.0 Å². The van der Waals surface area contributed by atoms with E-state index in [4.69, 9.17) is 0 Å². The molecule has 0 saturated heterocycles. The van der Waals surface area contributed by atoms with E-state index in [1.165, 1.54) is 16.5 Å². The fourth-order valence-electron chi connectivity index (χ4n) is 2.42. The van der Waals surface area contributed by atoms with Crippen LogP contribution in [0, 0.1) is 6.92 Å². The van der Waals surface area contributed by atoms with Gasteiger partial charge in [0.25, 0.3) is 0 Å². The monoisotopic (exact) mass is 217 g/mol. The lowest BCUT2D eigenvalue weighted by Crippen LogP contribution is -2.15. The van der Waals surface area contributed by atoms with Gasteiger partial charge in [-0.3, -0.25) is 0 Å². The Morgan fingerprint density at radius 2 is 1.94 bits per heavy atom. The summed E-state index contributed by atoms with van der Waals surface area (Å²) in [5.41, 5.74) is 4.73. The number of hydrogen-bond donors (Lipinski definition) is 2. The molecule has 2 heteroatoms. The zero-order chi connectivity index (χ0) is 11.9. The van der Waals surface area contributed by atoms with Gasteiger partial charge in [-0.05, 0) is 35.1 Å². The summed E-state index contributed by atoms with van der Waals surface area (Å²) >= 11 is 0. The van der Waals surface area contributed by atoms with Crippen LogP contribution in [0.4, 0.5) is 0 Å². The first-order valence-electron chi connectivity index (χ1n) is 5.66. The molecule has 0 saturated carbocycles. The Kier molecular flexibility index (Phi) is 2.55. The predicted octanol–water partition coefficient (Wildman–Crippen LogP) is 3.27. The lowest BCUT2D eigenvalue weighted by Gasteiger charge is -2.24. The molecule has 2 nitrogen and oxygen atoms in total. The third-order valence-corrected chi connectivity index (χ3v) is 3.05. The van der Waals surface area contributed by atoms with Crippen LogP contribution in [0.15, 0.2) is 18.3 Å². The number of fused-ring (bicyclic) bond motifs is 1. The van der Waals surface area contributed by atoms with Crippen molar-refractivity contribution >= 4 is 10.9 Å². The van der Waals surface area contributed by atoms with Crippen molar-refractivity contribution in [3.05, 3.63) is 35.0 Å². The van der Waals surface area contributed by atoms with E-state index in [1.54, 1.807) is 0 Å². The maximum Gasteiger partial charge on any atom is 0.0684 e. The summed E-state index contributed by atoms with van der Waals surface area (Å²) in [6, 6.07) is 4.06. The van der Waals surface area contributed by atoms with Gasteiger partial charge in [0.1, 0.15) is 0 Å². The van der Waals surface area contributed by atoms with Crippen molar-refractivity contribution in [3.63, 3.8) is 0 Å². The van der Waals surface area contributed by atoms with Crippen molar-refractivity contribution in [2.45, 2.75) is 39.7 Å². The third kappa shape index (κ3) is 1.63. The topological polar surface area (TPSA) is 36.0 Å². The molecule has 1 heterocycles. The highest BCUT2D eigenvalue weighted by atomic mass is 16.3. The number of rotatable bonds is 1. The van der Waals surface area contributed by atoms with Crippen LogP contribution in [0.2, 0.25) is 0 Å². The van der Waals surface area contributed by atoms with Gasteiger partial charge in [-0.1, -0.05) is 26.8 Å².